The molecule has 82 valence electrons. The Hall–Kier alpha value is -1.00. The molecule has 0 aliphatic carbocycles. The zero-order valence-corrected chi connectivity index (χ0v) is 9.86. The molecule has 0 aliphatic rings. The van der Waals surface area contributed by atoms with Crippen molar-refractivity contribution >= 4 is 17.9 Å². The van der Waals surface area contributed by atoms with Crippen molar-refractivity contribution in [1.29, 1.82) is 0 Å². The Labute approximate surface area is 94.8 Å². The van der Waals surface area contributed by atoms with Gasteiger partial charge in [-0.2, -0.15) is 0 Å². The molecule has 0 saturated carbocycles. The monoisotopic (exact) mass is 224 g/mol. The van der Waals surface area contributed by atoms with E-state index < -0.39 is 0 Å². The Balaban J connectivity index is 2.37. The molecule has 0 unspecified atom stereocenters. The fourth-order valence-corrected chi connectivity index (χ4v) is 1.44. The highest BCUT2D eigenvalue weighted by molar-refractivity contribution is 7.96. The first-order chi connectivity index (χ1) is 7.24. The average molecular weight is 224 g/mol. The molecule has 15 heavy (non-hydrogen) atoms. The highest BCUT2D eigenvalue weighted by Crippen LogP contribution is 2.02. The highest BCUT2D eigenvalue weighted by atomic mass is 32.2. The summed E-state index contributed by atoms with van der Waals surface area (Å²) in [4.78, 5) is 11.6. The molecule has 0 bridgehead atoms. The first-order valence-electron chi connectivity index (χ1n) is 4.84. The van der Waals surface area contributed by atoms with Crippen molar-refractivity contribution in [3.05, 3.63) is 35.4 Å². The van der Waals surface area contributed by atoms with E-state index in [2.05, 4.69) is 10.0 Å². The smallest absolute Gasteiger partial charge is 0.251 e. The van der Waals surface area contributed by atoms with E-state index in [-0.39, 0.29) is 5.91 Å². The zero-order valence-electron chi connectivity index (χ0n) is 9.04. The predicted molar refractivity (Wildman–Crippen MR) is 65.0 cm³/mol. The van der Waals surface area contributed by atoms with E-state index in [4.69, 9.17) is 0 Å². The number of hydrogen-bond acceptors (Lipinski definition) is 3. The van der Waals surface area contributed by atoms with Crippen molar-refractivity contribution in [2.75, 3.05) is 19.3 Å². The quantitative estimate of drug-likeness (QED) is 0.589. The van der Waals surface area contributed by atoms with Gasteiger partial charge in [-0.15, -0.1) is 0 Å². The van der Waals surface area contributed by atoms with Crippen LogP contribution in [-0.4, -0.2) is 25.3 Å². The average Bonchev–Trinajstić information content (AvgIpc) is 2.25. The van der Waals surface area contributed by atoms with Crippen LogP contribution in [0.15, 0.2) is 24.3 Å². The first-order valence-corrected chi connectivity index (χ1v) is 6.07. The number of carbonyl (C=O) groups is 1. The van der Waals surface area contributed by atoms with Crippen molar-refractivity contribution in [3.8, 4) is 0 Å². The van der Waals surface area contributed by atoms with Gasteiger partial charge in [-0.3, -0.25) is 9.52 Å². The molecule has 0 fully saturated rings. The number of aryl methyl sites for hydroxylation is 1. The fraction of sp³-hybridized carbons (Fsp3) is 0.364. The molecule has 0 aromatic heterocycles. The topological polar surface area (TPSA) is 41.1 Å². The summed E-state index contributed by atoms with van der Waals surface area (Å²) in [6.45, 7) is 3.43. The van der Waals surface area contributed by atoms with Crippen LogP contribution in [0.4, 0.5) is 0 Å². The van der Waals surface area contributed by atoms with Crippen LogP contribution in [-0.2, 0) is 0 Å². The van der Waals surface area contributed by atoms with Gasteiger partial charge in [-0.25, -0.2) is 0 Å². The summed E-state index contributed by atoms with van der Waals surface area (Å²) in [5.74, 6) is -0.0158. The second kappa shape index (κ2) is 6.48. The van der Waals surface area contributed by atoms with Crippen LogP contribution in [0.1, 0.15) is 15.9 Å². The number of hydrogen-bond donors (Lipinski definition) is 2. The van der Waals surface area contributed by atoms with Gasteiger partial charge in [0.2, 0.25) is 0 Å². The molecule has 4 heteroatoms. The van der Waals surface area contributed by atoms with Gasteiger partial charge in [0.05, 0.1) is 0 Å². The molecular weight excluding hydrogens is 208 g/mol. The van der Waals surface area contributed by atoms with Crippen molar-refractivity contribution in [2.45, 2.75) is 6.92 Å². The minimum Gasteiger partial charge on any atom is -0.351 e. The third-order valence-corrected chi connectivity index (χ3v) is 2.46. The van der Waals surface area contributed by atoms with Crippen molar-refractivity contribution < 1.29 is 4.79 Å². The minimum absolute atomic E-state index is 0.0158. The Morgan fingerprint density at radius 3 is 2.53 bits per heavy atom. The van der Waals surface area contributed by atoms with Gasteiger partial charge >= 0.3 is 0 Å². The van der Waals surface area contributed by atoms with Crippen LogP contribution in [0.2, 0.25) is 0 Å². The molecule has 1 amide bonds. The molecule has 1 rings (SSSR count). The van der Waals surface area contributed by atoms with E-state index in [0.717, 1.165) is 12.1 Å². The van der Waals surface area contributed by atoms with Crippen LogP contribution in [0.25, 0.3) is 0 Å². The maximum Gasteiger partial charge on any atom is 0.251 e. The second-order valence-corrected chi connectivity index (χ2v) is 3.92. The molecule has 0 aliphatic heterocycles. The van der Waals surface area contributed by atoms with Gasteiger partial charge in [0.25, 0.3) is 5.91 Å². The number of nitrogens with one attached hydrogen (secondary N) is 2. The number of benzene rings is 1. The van der Waals surface area contributed by atoms with Gasteiger partial charge in [0.15, 0.2) is 0 Å². The van der Waals surface area contributed by atoms with Gasteiger partial charge in [0.1, 0.15) is 0 Å². The molecule has 0 spiro atoms. The first kappa shape index (κ1) is 12.1. The summed E-state index contributed by atoms with van der Waals surface area (Å²) >= 11 is 1.55. The SMILES string of the molecule is CSNCCNC(=O)c1ccc(C)cc1. The molecule has 0 atom stereocenters. The Bertz CT molecular complexity index is 311. The maximum absolute atomic E-state index is 11.6. The predicted octanol–water partition coefficient (Wildman–Crippen LogP) is 1.59. The molecule has 0 heterocycles. The van der Waals surface area contributed by atoms with Crippen molar-refractivity contribution in [3.63, 3.8) is 0 Å². The van der Waals surface area contributed by atoms with E-state index in [1.165, 1.54) is 0 Å². The second-order valence-electron chi connectivity index (χ2n) is 3.22. The standard InChI is InChI=1S/C11H16N2OS/c1-9-3-5-10(6-4-9)11(14)12-7-8-13-15-2/h3-6,13H,7-8H2,1-2H3,(H,12,14). The summed E-state index contributed by atoms with van der Waals surface area (Å²) in [5.41, 5.74) is 1.88. The number of amides is 1. The fourth-order valence-electron chi connectivity index (χ4n) is 1.14. The van der Waals surface area contributed by atoms with E-state index in [1.54, 1.807) is 11.9 Å². The molecule has 3 nitrogen and oxygen atoms in total. The van der Waals surface area contributed by atoms with Gasteiger partial charge in [-0.1, -0.05) is 29.6 Å². The Kier molecular flexibility index (Phi) is 5.21. The summed E-state index contributed by atoms with van der Waals surface area (Å²) in [7, 11) is 0. The van der Waals surface area contributed by atoms with Crippen LogP contribution >= 0.6 is 11.9 Å². The zero-order chi connectivity index (χ0) is 11.1. The van der Waals surface area contributed by atoms with Crippen LogP contribution in [0, 0.1) is 6.92 Å². The van der Waals surface area contributed by atoms with E-state index in [9.17, 15) is 4.79 Å². The summed E-state index contributed by atoms with van der Waals surface area (Å²) in [6.07, 6.45) is 1.96. The number of rotatable bonds is 5. The van der Waals surface area contributed by atoms with E-state index in [1.807, 2.05) is 37.4 Å². The van der Waals surface area contributed by atoms with Crippen LogP contribution < -0.4 is 10.0 Å². The Morgan fingerprint density at radius 2 is 1.93 bits per heavy atom. The lowest BCUT2D eigenvalue weighted by Crippen LogP contribution is -2.29. The lowest BCUT2D eigenvalue weighted by Gasteiger charge is -2.05. The Morgan fingerprint density at radius 1 is 1.27 bits per heavy atom. The largest absolute Gasteiger partial charge is 0.351 e. The lowest BCUT2D eigenvalue weighted by molar-refractivity contribution is 0.0954. The molecule has 1 aromatic carbocycles. The third kappa shape index (κ3) is 4.36. The molecular formula is C11H16N2OS. The summed E-state index contributed by atoms with van der Waals surface area (Å²) in [5, 5.41) is 2.84. The highest BCUT2D eigenvalue weighted by Gasteiger charge is 2.02. The molecule has 1 aromatic rings. The van der Waals surface area contributed by atoms with E-state index in [0.29, 0.717) is 12.1 Å². The van der Waals surface area contributed by atoms with Gasteiger partial charge in [-0.05, 0) is 25.3 Å². The molecule has 0 radical (unpaired) electrons. The van der Waals surface area contributed by atoms with Crippen molar-refractivity contribution in [2.24, 2.45) is 0 Å². The number of carbonyl (C=O) groups excluding carboxylic acids is 1. The van der Waals surface area contributed by atoms with Gasteiger partial charge < -0.3 is 5.32 Å². The van der Waals surface area contributed by atoms with Gasteiger partial charge in [0, 0.05) is 18.7 Å². The van der Waals surface area contributed by atoms with Crippen LogP contribution in [0.5, 0.6) is 0 Å². The van der Waals surface area contributed by atoms with Crippen molar-refractivity contribution in [1.82, 2.24) is 10.0 Å². The van der Waals surface area contributed by atoms with Crippen LogP contribution in [0.3, 0.4) is 0 Å². The normalized spacial score (nSPS) is 10.0. The summed E-state index contributed by atoms with van der Waals surface area (Å²) < 4.78 is 3.07. The summed E-state index contributed by atoms with van der Waals surface area (Å²) in [6, 6.07) is 7.56. The van der Waals surface area contributed by atoms with E-state index >= 15 is 0 Å². The minimum atomic E-state index is -0.0158. The maximum atomic E-state index is 11.6. The third-order valence-electron chi connectivity index (χ3n) is 1.97. The molecule has 0 saturated heterocycles. The molecule has 2 N–H and O–H groups in total. The lowest BCUT2D eigenvalue weighted by atomic mass is 10.1.